The quantitative estimate of drug-likeness (QED) is 0.883. The van der Waals surface area contributed by atoms with Gasteiger partial charge in [-0.15, -0.1) is 0 Å². The average Bonchev–Trinajstić information content (AvgIpc) is 2.88. The van der Waals surface area contributed by atoms with Crippen LogP contribution < -0.4 is 10.6 Å². The molecule has 112 valence electrons. The predicted molar refractivity (Wildman–Crippen MR) is 85.4 cm³/mol. The molecule has 1 atom stereocenters. The van der Waals surface area contributed by atoms with Crippen LogP contribution >= 0.6 is 0 Å². The van der Waals surface area contributed by atoms with Crippen molar-refractivity contribution >= 4 is 17.3 Å². The SMILES string of the molecule is CC(=O)Nc1cccc(N[C@H](C)c2cnn(C(C)C)c2)c1. The Kier molecular flexibility index (Phi) is 4.62. The summed E-state index contributed by atoms with van der Waals surface area (Å²) in [6.07, 6.45) is 3.94. The van der Waals surface area contributed by atoms with E-state index in [1.807, 2.05) is 35.1 Å². The van der Waals surface area contributed by atoms with E-state index in [1.165, 1.54) is 6.92 Å². The van der Waals surface area contributed by atoms with E-state index in [0.29, 0.717) is 6.04 Å². The number of hydrogen-bond acceptors (Lipinski definition) is 3. The highest BCUT2D eigenvalue weighted by Crippen LogP contribution is 2.22. The van der Waals surface area contributed by atoms with Gasteiger partial charge in [0.1, 0.15) is 0 Å². The van der Waals surface area contributed by atoms with Crippen molar-refractivity contribution < 1.29 is 4.79 Å². The van der Waals surface area contributed by atoms with Gasteiger partial charge in [0.2, 0.25) is 5.91 Å². The maximum absolute atomic E-state index is 11.1. The van der Waals surface area contributed by atoms with Gasteiger partial charge >= 0.3 is 0 Å². The van der Waals surface area contributed by atoms with Crippen LogP contribution in [-0.4, -0.2) is 15.7 Å². The first-order chi connectivity index (χ1) is 9.95. The second kappa shape index (κ2) is 6.43. The number of anilines is 2. The Labute approximate surface area is 125 Å². The number of benzene rings is 1. The molecule has 2 N–H and O–H groups in total. The molecule has 0 unspecified atom stereocenters. The van der Waals surface area contributed by atoms with Crippen LogP contribution in [0.5, 0.6) is 0 Å². The molecule has 0 saturated carbocycles. The lowest BCUT2D eigenvalue weighted by atomic mass is 10.1. The molecule has 0 aliphatic carbocycles. The average molecular weight is 286 g/mol. The topological polar surface area (TPSA) is 59.0 Å². The molecule has 0 aliphatic heterocycles. The molecule has 5 nitrogen and oxygen atoms in total. The second-order valence-corrected chi connectivity index (χ2v) is 5.48. The summed E-state index contributed by atoms with van der Waals surface area (Å²) >= 11 is 0. The standard InChI is InChI=1S/C16H22N4O/c1-11(2)20-10-14(9-17-20)12(3)18-15-6-5-7-16(8-15)19-13(4)21/h5-12,18H,1-4H3,(H,19,21)/t12-/m1/s1. The zero-order valence-corrected chi connectivity index (χ0v) is 12.9. The number of hydrogen-bond donors (Lipinski definition) is 2. The van der Waals surface area contributed by atoms with Gasteiger partial charge in [0.15, 0.2) is 0 Å². The van der Waals surface area contributed by atoms with Crippen LogP contribution in [0, 0.1) is 0 Å². The van der Waals surface area contributed by atoms with Crippen LogP contribution in [0.2, 0.25) is 0 Å². The van der Waals surface area contributed by atoms with Crippen LogP contribution in [0.25, 0.3) is 0 Å². The summed E-state index contributed by atoms with van der Waals surface area (Å²) < 4.78 is 1.95. The van der Waals surface area contributed by atoms with Crippen LogP contribution in [0.15, 0.2) is 36.7 Å². The Morgan fingerprint density at radius 3 is 2.57 bits per heavy atom. The van der Waals surface area contributed by atoms with Crippen LogP contribution in [0.1, 0.15) is 45.3 Å². The fourth-order valence-electron chi connectivity index (χ4n) is 2.08. The maximum atomic E-state index is 11.1. The van der Waals surface area contributed by atoms with Crippen molar-refractivity contribution in [3.63, 3.8) is 0 Å². The third kappa shape index (κ3) is 4.08. The molecular weight excluding hydrogens is 264 g/mol. The minimum absolute atomic E-state index is 0.0709. The molecule has 0 aliphatic rings. The largest absolute Gasteiger partial charge is 0.378 e. The van der Waals surface area contributed by atoms with E-state index in [4.69, 9.17) is 0 Å². The van der Waals surface area contributed by atoms with Gasteiger partial charge in [0.25, 0.3) is 0 Å². The molecule has 0 radical (unpaired) electrons. The highest BCUT2D eigenvalue weighted by Gasteiger charge is 2.09. The van der Waals surface area contributed by atoms with Gasteiger partial charge < -0.3 is 10.6 Å². The zero-order valence-electron chi connectivity index (χ0n) is 12.9. The van der Waals surface area contributed by atoms with Crippen molar-refractivity contribution in [2.24, 2.45) is 0 Å². The van der Waals surface area contributed by atoms with E-state index in [0.717, 1.165) is 16.9 Å². The number of amides is 1. The van der Waals surface area contributed by atoms with Gasteiger partial charge in [-0.2, -0.15) is 5.10 Å². The lowest BCUT2D eigenvalue weighted by Crippen LogP contribution is -2.08. The van der Waals surface area contributed by atoms with Crippen molar-refractivity contribution in [3.05, 3.63) is 42.2 Å². The summed E-state index contributed by atoms with van der Waals surface area (Å²) in [5, 5.41) is 10.6. The molecule has 1 aromatic heterocycles. The Morgan fingerprint density at radius 1 is 1.24 bits per heavy atom. The molecule has 1 amide bonds. The minimum atomic E-state index is -0.0709. The number of nitrogens with one attached hydrogen (secondary N) is 2. The second-order valence-electron chi connectivity index (χ2n) is 5.48. The molecule has 21 heavy (non-hydrogen) atoms. The summed E-state index contributed by atoms with van der Waals surface area (Å²) in [7, 11) is 0. The zero-order chi connectivity index (χ0) is 15.4. The molecule has 2 rings (SSSR count). The van der Waals surface area contributed by atoms with Crippen molar-refractivity contribution in [1.29, 1.82) is 0 Å². The first-order valence-electron chi connectivity index (χ1n) is 7.14. The summed E-state index contributed by atoms with van der Waals surface area (Å²) in [6, 6.07) is 8.19. The van der Waals surface area contributed by atoms with E-state index >= 15 is 0 Å². The first-order valence-corrected chi connectivity index (χ1v) is 7.14. The van der Waals surface area contributed by atoms with Gasteiger partial charge in [-0.25, -0.2) is 0 Å². The number of aromatic nitrogens is 2. The van der Waals surface area contributed by atoms with Gasteiger partial charge in [-0.1, -0.05) is 6.07 Å². The third-order valence-corrected chi connectivity index (χ3v) is 3.22. The normalized spacial score (nSPS) is 12.2. The number of carbonyl (C=O) groups is 1. The van der Waals surface area contributed by atoms with E-state index < -0.39 is 0 Å². The summed E-state index contributed by atoms with van der Waals surface area (Å²) in [6.45, 7) is 7.80. The minimum Gasteiger partial charge on any atom is -0.378 e. The monoisotopic (exact) mass is 286 g/mol. The highest BCUT2D eigenvalue weighted by atomic mass is 16.1. The van der Waals surface area contributed by atoms with Gasteiger partial charge in [-0.3, -0.25) is 9.48 Å². The lowest BCUT2D eigenvalue weighted by molar-refractivity contribution is -0.114. The molecule has 1 aromatic carbocycles. The molecule has 1 heterocycles. The highest BCUT2D eigenvalue weighted by molar-refractivity contribution is 5.89. The third-order valence-electron chi connectivity index (χ3n) is 3.22. The fraction of sp³-hybridized carbons (Fsp3) is 0.375. The Bertz CT molecular complexity index is 618. The lowest BCUT2D eigenvalue weighted by Gasteiger charge is -2.15. The van der Waals surface area contributed by atoms with E-state index in [1.54, 1.807) is 0 Å². The van der Waals surface area contributed by atoms with E-state index in [2.05, 4.69) is 42.7 Å². The predicted octanol–water partition coefficient (Wildman–Crippen LogP) is 3.60. The summed E-state index contributed by atoms with van der Waals surface area (Å²) in [5.74, 6) is -0.0709. The number of nitrogens with zero attached hydrogens (tertiary/aromatic N) is 2. The first kappa shape index (κ1) is 15.1. The maximum Gasteiger partial charge on any atom is 0.221 e. The van der Waals surface area contributed by atoms with Crippen LogP contribution in [0.4, 0.5) is 11.4 Å². The summed E-state index contributed by atoms with van der Waals surface area (Å²) in [5.41, 5.74) is 2.89. The van der Waals surface area contributed by atoms with Gasteiger partial charge in [0.05, 0.1) is 12.2 Å². The Morgan fingerprint density at radius 2 is 1.95 bits per heavy atom. The summed E-state index contributed by atoms with van der Waals surface area (Å²) in [4.78, 5) is 11.1. The van der Waals surface area contributed by atoms with Gasteiger partial charge in [0, 0.05) is 36.1 Å². The Hall–Kier alpha value is -2.30. The van der Waals surface area contributed by atoms with Gasteiger partial charge in [-0.05, 0) is 39.0 Å². The smallest absolute Gasteiger partial charge is 0.221 e. The van der Waals surface area contributed by atoms with Crippen molar-refractivity contribution in [2.75, 3.05) is 10.6 Å². The fourth-order valence-corrected chi connectivity index (χ4v) is 2.08. The molecule has 0 fully saturated rings. The van der Waals surface area contributed by atoms with Crippen molar-refractivity contribution in [2.45, 2.75) is 39.8 Å². The molecule has 0 spiro atoms. The van der Waals surface area contributed by atoms with E-state index in [9.17, 15) is 4.79 Å². The van der Waals surface area contributed by atoms with E-state index in [-0.39, 0.29) is 11.9 Å². The van der Waals surface area contributed by atoms with Crippen molar-refractivity contribution in [1.82, 2.24) is 9.78 Å². The van der Waals surface area contributed by atoms with Crippen LogP contribution in [-0.2, 0) is 4.79 Å². The number of carbonyl (C=O) groups excluding carboxylic acids is 1. The molecular formula is C16H22N4O. The molecule has 5 heteroatoms. The molecule has 2 aromatic rings. The number of rotatable bonds is 5. The molecule has 0 saturated heterocycles. The molecule has 0 bridgehead atoms. The Balaban J connectivity index is 2.07. The van der Waals surface area contributed by atoms with Crippen molar-refractivity contribution in [3.8, 4) is 0 Å². The van der Waals surface area contributed by atoms with Crippen LogP contribution in [0.3, 0.4) is 0 Å².